The SMILES string of the molecule is Cc1ccccc1C(CN)N(C)CC1CCCC1. The van der Waals surface area contributed by atoms with Crippen LogP contribution >= 0.6 is 0 Å². The van der Waals surface area contributed by atoms with Gasteiger partial charge in [-0.15, -0.1) is 0 Å². The largest absolute Gasteiger partial charge is 0.329 e. The van der Waals surface area contributed by atoms with Gasteiger partial charge in [-0.05, 0) is 43.9 Å². The number of nitrogens with zero attached hydrogens (tertiary/aromatic N) is 1. The molecule has 1 saturated carbocycles. The van der Waals surface area contributed by atoms with E-state index in [2.05, 4.69) is 43.1 Å². The van der Waals surface area contributed by atoms with E-state index in [4.69, 9.17) is 5.73 Å². The van der Waals surface area contributed by atoms with Gasteiger partial charge in [0.25, 0.3) is 0 Å². The minimum Gasteiger partial charge on any atom is -0.329 e. The number of benzene rings is 1. The highest BCUT2D eigenvalue weighted by atomic mass is 15.1. The Bertz CT molecular complexity index is 369. The molecule has 1 atom stereocenters. The van der Waals surface area contributed by atoms with E-state index in [1.807, 2.05) is 0 Å². The molecule has 0 aliphatic heterocycles. The van der Waals surface area contributed by atoms with E-state index in [0.29, 0.717) is 12.6 Å². The van der Waals surface area contributed by atoms with Crippen LogP contribution in [0.1, 0.15) is 42.9 Å². The van der Waals surface area contributed by atoms with Crippen LogP contribution in [0.3, 0.4) is 0 Å². The number of rotatable bonds is 5. The maximum absolute atomic E-state index is 6.01. The Balaban J connectivity index is 2.05. The average Bonchev–Trinajstić information content (AvgIpc) is 2.85. The van der Waals surface area contributed by atoms with Gasteiger partial charge in [-0.25, -0.2) is 0 Å². The lowest BCUT2D eigenvalue weighted by Crippen LogP contribution is -2.34. The predicted molar refractivity (Wildman–Crippen MR) is 77.6 cm³/mol. The van der Waals surface area contributed by atoms with Gasteiger partial charge < -0.3 is 5.73 Å². The molecule has 0 bridgehead atoms. The molecule has 1 unspecified atom stereocenters. The Morgan fingerprint density at radius 1 is 1.28 bits per heavy atom. The summed E-state index contributed by atoms with van der Waals surface area (Å²) in [5.41, 5.74) is 8.75. The van der Waals surface area contributed by atoms with E-state index in [9.17, 15) is 0 Å². The summed E-state index contributed by atoms with van der Waals surface area (Å²) in [6.45, 7) is 4.08. The summed E-state index contributed by atoms with van der Waals surface area (Å²) in [4.78, 5) is 2.46. The molecule has 0 amide bonds. The molecule has 1 fully saturated rings. The number of nitrogens with two attached hydrogens (primary N) is 1. The third kappa shape index (κ3) is 3.12. The van der Waals surface area contributed by atoms with E-state index in [-0.39, 0.29) is 0 Å². The highest BCUT2D eigenvalue weighted by Gasteiger charge is 2.22. The zero-order valence-corrected chi connectivity index (χ0v) is 11.7. The van der Waals surface area contributed by atoms with Crippen LogP contribution in [0.25, 0.3) is 0 Å². The van der Waals surface area contributed by atoms with Gasteiger partial charge in [0.05, 0.1) is 0 Å². The summed E-state index contributed by atoms with van der Waals surface area (Å²) < 4.78 is 0. The lowest BCUT2D eigenvalue weighted by atomic mass is 9.99. The van der Waals surface area contributed by atoms with Crippen molar-refractivity contribution in [2.24, 2.45) is 11.7 Å². The molecule has 0 heterocycles. The van der Waals surface area contributed by atoms with Crippen LogP contribution in [-0.2, 0) is 0 Å². The number of aryl methyl sites for hydroxylation is 1. The Morgan fingerprint density at radius 3 is 2.56 bits per heavy atom. The van der Waals surface area contributed by atoms with Crippen LogP contribution < -0.4 is 5.73 Å². The molecule has 1 aliphatic rings. The molecule has 2 nitrogen and oxygen atoms in total. The molecule has 0 radical (unpaired) electrons. The van der Waals surface area contributed by atoms with Gasteiger partial charge in [-0.2, -0.15) is 0 Å². The summed E-state index contributed by atoms with van der Waals surface area (Å²) >= 11 is 0. The molecule has 18 heavy (non-hydrogen) atoms. The normalized spacial score (nSPS) is 18.4. The van der Waals surface area contributed by atoms with Gasteiger partial charge in [0.1, 0.15) is 0 Å². The topological polar surface area (TPSA) is 29.3 Å². The lowest BCUT2D eigenvalue weighted by Gasteiger charge is -2.30. The van der Waals surface area contributed by atoms with Crippen molar-refractivity contribution in [1.29, 1.82) is 0 Å². The first-order chi connectivity index (χ1) is 8.72. The van der Waals surface area contributed by atoms with Crippen LogP contribution in [-0.4, -0.2) is 25.0 Å². The highest BCUT2D eigenvalue weighted by Crippen LogP contribution is 2.28. The van der Waals surface area contributed by atoms with Crippen LogP contribution in [0.5, 0.6) is 0 Å². The molecule has 1 aliphatic carbocycles. The Kier molecular flexibility index (Phi) is 4.79. The Labute approximate surface area is 111 Å². The van der Waals surface area contributed by atoms with E-state index >= 15 is 0 Å². The fraction of sp³-hybridized carbons (Fsp3) is 0.625. The Morgan fingerprint density at radius 2 is 1.94 bits per heavy atom. The first kappa shape index (κ1) is 13.6. The molecule has 0 aromatic heterocycles. The maximum atomic E-state index is 6.01. The smallest absolute Gasteiger partial charge is 0.0470 e. The standard InChI is InChI=1S/C16H26N2/c1-13-7-3-6-10-15(13)16(11-17)18(2)12-14-8-4-5-9-14/h3,6-7,10,14,16H,4-5,8-9,11-12,17H2,1-2H3. The number of hydrogen-bond acceptors (Lipinski definition) is 2. The van der Waals surface area contributed by atoms with Crippen molar-refractivity contribution < 1.29 is 0 Å². The van der Waals surface area contributed by atoms with Crippen molar-refractivity contribution in [3.8, 4) is 0 Å². The quantitative estimate of drug-likeness (QED) is 0.865. The first-order valence-electron chi connectivity index (χ1n) is 7.18. The third-order valence-electron chi connectivity index (χ3n) is 4.32. The number of likely N-dealkylation sites (N-methyl/N-ethyl adjacent to an activating group) is 1. The van der Waals surface area contributed by atoms with Gasteiger partial charge in [0.15, 0.2) is 0 Å². The molecule has 1 aromatic rings. The molecule has 100 valence electrons. The second kappa shape index (κ2) is 6.35. The zero-order chi connectivity index (χ0) is 13.0. The molecule has 1 aromatic carbocycles. The van der Waals surface area contributed by atoms with Gasteiger partial charge >= 0.3 is 0 Å². The molecule has 2 heteroatoms. The summed E-state index contributed by atoms with van der Waals surface area (Å²) in [6.07, 6.45) is 5.62. The predicted octanol–water partition coefficient (Wildman–Crippen LogP) is 3.12. The second-order valence-corrected chi connectivity index (χ2v) is 5.70. The van der Waals surface area contributed by atoms with Crippen molar-refractivity contribution in [3.05, 3.63) is 35.4 Å². The first-order valence-corrected chi connectivity index (χ1v) is 7.18. The lowest BCUT2D eigenvalue weighted by molar-refractivity contribution is 0.212. The molecular formula is C16H26N2. The van der Waals surface area contributed by atoms with Gasteiger partial charge in [-0.3, -0.25) is 4.90 Å². The van der Waals surface area contributed by atoms with Crippen molar-refractivity contribution in [3.63, 3.8) is 0 Å². The van der Waals surface area contributed by atoms with Gasteiger partial charge in [0, 0.05) is 19.1 Å². The van der Waals surface area contributed by atoms with Crippen LogP contribution in [0.15, 0.2) is 24.3 Å². The van der Waals surface area contributed by atoms with Crippen molar-refractivity contribution in [2.75, 3.05) is 20.1 Å². The van der Waals surface area contributed by atoms with Gasteiger partial charge in [0.2, 0.25) is 0 Å². The third-order valence-corrected chi connectivity index (χ3v) is 4.32. The van der Waals surface area contributed by atoms with Crippen LogP contribution in [0.4, 0.5) is 0 Å². The van der Waals surface area contributed by atoms with Crippen molar-refractivity contribution in [1.82, 2.24) is 4.90 Å². The fourth-order valence-electron chi connectivity index (χ4n) is 3.23. The highest BCUT2D eigenvalue weighted by molar-refractivity contribution is 5.29. The monoisotopic (exact) mass is 246 g/mol. The molecule has 2 rings (SSSR count). The van der Waals surface area contributed by atoms with Crippen LogP contribution in [0.2, 0.25) is 0 Å². The van der Waals surface area contributed by atoms with Crippen molar-refractivity contribution >= 4 is 0 Å². The Hall–Kier alpha value is -0.860. The average molecular weight is 246 g/mol. The second-order valence-electron chi connectivity index (χ2n) is 5.70. The van der Waals surface area contributed by atoms with Crippen molar-refractivity contribution in [2.45, 2.75) is 38.6 Å². The fourth-order valence-corrected chi connectivity index (χ4v) is 3.23. The van der Waals surface area contributed by atoms with E-state index in [1.165, 1.54) is 43.4 Å². The zero-order valence-electron chi connectivity index (χ0n) is 11.7. The van der Waals surface area contributed by atoms with Crippen LogP contribution in [0, 0.1) is 12.8 Å². The molecular weight excluding hydrogens is 220 g/mol. The summed E-state index contributed by atoms with van der Waals surface area (Å²) in [5, 5.41) is 0. The minimum atomic E-state index is 0.367. The van der Waals surface area contributed by atoms with E-state index in [1.54, 1.807) is 0 Å². The molecule has 0 saturated heterocycles. The number of hydrogen-bond donors (Lipinski definition) is 1. The van der Waals surface area contributed by atoms with E-state index < -0.39 is 0 Å². The van der Waals surface area contributed by atoms with E-state index in [0.717, 1.165) is 5.92 Å². The molecule has 2 N–H and O–H groups in total. The molecule has 0 spiro atoms. The summed E-state index contributed by atoms with van der Waals surface area (Å²) in [5.74, 6) is 0.882. The summed E-state index contributed by atoms with van der Waals surface area (Å²) in [6, 6.07) is 8.99. The summed E-state index contributed by atoms with van der Waals surface area (Å²) in [7, 11) is 2.22. The maximum Gasteiger partial charge on any atom is 0.0470 e. The van der Waals surface area contributed by atoms with Gasteiger partial charge in [-0.1, -0.05) is 37.1 Å². The minimum absolute atomic E-state index is 0.367.